The number of carbonyl (C=O) groups is 1. The first-order valence-corrected chi connectivity index (χ1v) is 6.68. The van der Waals surface area contributed by atoms with Crippen LogP contribution in [0.2, 0.25) is 10.0 Å². The van der Waals surface area contributed by atoms with Crippen molar-refractivity contribution in [1.29, 1.82) is 0 Å². The zero-order chi connectivity index (χ0) is 14.3. The minimum absolute atomic E-state index is 0.220. The number of benzene rings is 2. The summed E-state index contributed by atoms with van der Waals surface area (Å²) in [4.78, 5) is 12.6. The molecule has 100 valence electrons. The van der Waals surface area contributed by atoms with Gasteiger partial charge in [0, 0.05) is 27.3 Å². The smallest absolute Gasteiger partial charge is 0.264 e. The van der Waals surface area contributed by atoms with E-state index < -0.39 is 0 Å². The van der Waals surface area contributed by atoms with E-state index in [1.54, 1.807) is 36.5 Å². The van der Waals surface area contributed by atoms with Crippen LogP contribution >= 0.6 is 23.2 Å². The number of nitrogens with zero attached hydrogens (tertiary/aromatic N) is 1. The molecule has 1 heterocycles. The monoisotopic (exact) mass is 304 g/mol. The Morgan fingerprint density at radius 1 is 1.00 bits per heavy atom. The molecule has 0 amide bonds. The lowest BCUT2D eigenvalue weighted by Gasteiger charge is -2.07. The maximum atomic E-state index is 12.6. The molecule has 1 aromatic heterocycles. The number of hydrogen-bond donors (Lipinski definition) is 1. The van der Waals surface area contributed by atoms with E-state index in [-0.39, 0.29) is 5.91 Å². The molecule has 0 aliphatic rings. The van der Waals surface area contributed by atoms with Crippen molar-refractivity contribution in [2.75, 3.05) is 5.73 Å². The van der Waals surface area contributed by atoms with Gasteiger partial charge in [0.15, 0.2) is 0 Å². The summed E-state index contributed by atoms with van der Waals surface area (Å²) in [6, 6.07) is 12.0. The van der Waals surface area contributed by atoms with Crippen molar-refractivity contribution < 1.29 is 4.79 Å². The van der Waals surface area contributed by atoms with Gasteiger partial charge in [-0.15, -0.1) is 0 Å². The number of carbonyl (C=O) groups excluding carboxylic acids is 1. The number of halogens is 2. The highest BCUT2D eigenvalue weighted by Crippen LogP contribution is 2.24. The molecule has 20 heavy (non-hydrogen) atoms. The van der Waals surface area contributed by atoms with Gasteiger partial charge in [0.25, 0.3) is 5.91 Å². The second kappa shape index (κ2) is 4.85. The van der Waals surface area contributed by atoms with Crippen molar-refractivity contribution in [2.45, 2.75) is 0 Å². The molecule has 0 atom stereocenters. The summed E-state index contributed by atoms with van der Waals surface area (Å²) in [7, 11) is 0. The Bertz CT molecular complexity index is 824. The predicted octanol–water partition coefficient (Wildman–Crippen LogP) is 4.22. The number of rotatable bonds is 1. The first-order chi connectivity index (χ1) is 9.56. The molecule has 2 aromatic carbocycles. The Morgan fingerprint density at radius 3 is 2.50 bits per heavy atom. The lowest BCUT2D eigenvalue weighted by Crippen LogP contribution is -2.12. The molecule has 2 N–H and O–H groups in total. The lowest BCUT2D eigenvalue weighted by atomic mass is 10.1. The second-order valence-electron chi connectivity index (χ2n) is 4.43. The van der Waals surface area contributed by atoms with Gasteiger partial charge in [0.2, 0.25) is 0 Å². The van der Waals surface area contributed by atoms with Crippen LogP contribution in [0.1, 0.15) is 10.4 Å². The van der Waals surface area contributed by atoms with Crippen molar-refractivity contribution in [3.05, 3.63) is 64.3 Å². The van der Waals surface area contributed by atoms with Gasteiger partial charge in [-0.2, -0.15) is 0 Å². The largest absolute Gasteiger partial charge is 0.398 e. The standard InChI is InChI=1S/C15H10Cl2N2O/c16-10-2-4-14-9(7-10)5-6-19(14)15(20)12-8-11(17)1-3-13(12)18/h1-8H,18H2. The highest BCUT2D eigenvalue weighted by molar-refractivity contribution is 6.31. The molecule has 0 aliphatic heterocycles. The molecule has 3 nitrogen and oxygen atoms in total. The Labute approximate surface area is 125 Å². The molecule has 0 saturated carbocycles. The number of nitrogen functional groups attached to an aromatic ring is 1. The molecule has 3 rings (SSSR count). The van der Waals surface area contributed by atoms with Crippen LogP contribution in [0.15, 0.2) is 48.7 Å². The summed E-state index contributed by atoms with van der Waals surface area (Å²) in [5, 5.41) is 2.00. The van der Waals surface area contributed by atoms with Crippen LogP contribution in [-0.2, 0) is 0 Å². The number of fused-ring (bicyclic) bond motifs is 1. The summed E-state index contributed by atoms with van der Waals surface area (Å²) in [5.41, 5.74) is 7.41. The molecular formula is C15H10Cl2N2O. The third-order valence-electron chi connectivity index (χ3n) is 3.12. The minimum Gasteiger partial charge on any atom is -0.398 e. The van der Waals surface area contributed by atoms with Gasteiger partial charge in [0.1, 0.15) is 0 Å². The van der Waals surface area contributed by atoms with E-state index in [1.165, 1.54) is 4.57 Å². The molecule has 3 aromatic rings. The highest BCUT2D eigenvalue weighted by atomic mass is 35.5. The van der Waals surface area contributed by atoms with Gasteiger partial charge >= 0.3 is 0 Å². The van der Waals surface area contributed by atoms with Crippen LogP contribution in [0, 0.1) is 0 Å². The summed E-state index contributed by atoms with van der Waals surface area (Å²) in [6.45, 7) is 0. The van der Waals surface area contributed by atoms with Crippen molar-refractivity contribution in [1.82, 2.24) is 4.57 Å². The SMILES string of the molecule is Nc1ccc(Cl)cc1C(=O)n1ccc2cc(Cl)ccc21. The maximum Gasteiger partial charge on any atom is 0.264 e. The lowest BCUT2D eigenvalue weighted by molar-refractivity contribution is 0.0966. The first-order valence-electron chi connectivity index (χ1n) is 5.92. The van der Waals surface area contributed by atoms with Gasteiger partial charge in [-0.3, -0.25) is 9.36 Å². The Hall–Kier alpha value is -1.97. The molecule has 0 spiro atoms. The van der Waals surface area contributed by atoms with Gasteiger partial charge in [-0.1, -0.05) is 23.2 Å². The molecule has 0 fully saturated rings. The average Bonchev–Trinajstić information content (AvgIpc) is 2.83. The minimum atomic E-state index is -0.220. The van der Waals surface area contributed by atoms with E-state index in [1.807, 2.05) is 12.1 Å². The second-order valence-corrected chi connectivity index (χ2v) is 5.30. The third-order valence-corrected chi connectivity index (χ3v) is 3.59. The summed E-state index contributed by atoms with van der Waals surface area (Å²) in [6.07, 6.45) is 1.70. The van der Waals surface area contributed by atoms with E-state index in [0.717, 1.165) is 10.9 Å². The molecule has 0 unspecified atom stereocenters. The average molecular weight is 305 g/mol. The normalized spacial score (nSPS) is 10.9. The third kappa shape index (κ3) is 2.15. The predicted molar refractivity (Wildman–Crippen MR) is 82.5 cm³/mol. The molecule has 0 radical (unpaired) electrons. The first kappa shape index (κ1) is 13.0. The summed E-state index contributed by atoms with van der Waals surface area (Å²) >= 11 is 11.9. The zero-order valence-electron chi connectivity index (χ0n) is 10.3. The molecular weight excluding hydrogens is 295 g/mol. The van der Waals surface area contributed by atoms with Crippen LogP contribution in [0.25, 0.3) is 10.9 Å². The van der Waals surface area contributed by atoms with Crippen molar-refractivity contribution in [2.24, 2.45) is 0 Å². The van der Waals surface area contributed by atoms with Crippen LogP contribution in [-0.4, -0.2) is 10.5 Å². The van der Waals surface area contributed by atoms with Crippen molar-refractivity contribution >= 4 is 45.7 Å². The van der Waals surface area contributed by atoms with Crippen LogP contribution in [0.4, 0.5) is 5.69 Å². The highest BCUT2D eigenvalue weighted by Gasteiger charge is 2.14. The Balaban J connectivity index is 2.15. The summed E-state index contributed by atoms with van der Waals surface area (Å²) in [5.74, 6) is -0.220. The fourth-order valence-electron chi connectivity index (χ4n) is 2.13. The fraction of sp³-hybridized carbons (Fsp3) is 0. The van der Waals surface area contributed by atoms with Gasteiger partial charge < -0.3 is 5.73 Å². The number of hydrogen-bond acceptors (Lipinski definition) is 2. The van der Waals surface area contributed by atoms with E-state index in [2.05, 4.69) is 0 Å². The van der Waals surface area contributed by atoms with Crippen molar-refractivity contribution in [3.8, 4) is 0 Å². The maximum absolute atomic E-state index is 12.6. The molecule has 5 heteroatoms. The van der Waals surface area contributed by atoms with Crippen LogP contribution in [0.5, 0.6) is 0 Å². The molecule has 0 aliphatic carbocycles. The summed E-state index contributed by atoms with van der Waals surface area (Å²) < 4.78 is 1.54. The van der Waals surface area contributed by atoms with E-state index in [0.29, 0.717) is 21.3 Å². The van der Waals surface area contributed by atoms with Gasteiger partial charge in [-0.25, -0.2) is 0 Å². The quantitative estimate of drug-likeness (QED) is 0.684. The number of aromatic nitrogens is 1. The van der Waals surface area contributed by atoms with Gasteiger partial charge in [0.05, 0.1) is 11.1 Å². The topological polar surface area (TPSA) is 48.0 Å². The fourth-order valence-corrected chi connectivity index (χ4v) is 2.49. The van der Waals surface area contributed by atoms with Crippen molar-refractivity contribution in [3.63, 3.8) is 0 Å². The Kier molecular flexibility index (Phi) is 3.16. The van der Waals surface area contributed by atoms with Crippen LogP contribution < -0.4 is 5.73 Å². The van der Waals surface area contributed by atoms with E-state index in [4.69, 9.17) is 28.9 Å². The van der Waals surface area contributed by atoms with Crippen LogP contribution in [0.3, 0.4) is 0 Å². The molecule has 0 bridgehead atoms. The van der Waals surface area contributed by atoms with E-state index in [9.17, 15) is 4.79 Å². The molecule has 0 saturated heterocycles. The number of nitrogens with two attached hydrogens (primary N) is 1. The number of anilines is 1. The Morgan fingerprint density at radius 2 is 1.70 bits per heavy atom. The van der Waals surface area contributed by atoms with Gasteiger partial charge in [-0.05, 0) is 42.5 Å². The zero-order valence-corrected chi connectivity index (χ0v) is 11.8. The van der Waals surface area contributed by atoms with E-state index >= 15 is 0 Å².